The molecule has 0 radical (unpaired) electrons. The van der Waals surface area contributed by atoms with Crippen LogP contribution in [0, 0.1) is 11.7 Å². The van der Waals surface area contributed by atoms with Crippen LogP contribution in [0.2, 0.25) is 0 Å². The second-order valence-corrected chi connectivity index (χ2v) is 4.86. The molecule has 0 spiro atoms. The molecule has 19 heavy (non-hydrogen) atoms. The molecule has 1 aromatic rings. The van der Waals surface area contributed by atoms with Gasteiger partial charge in [0.25, 0.3) is 0 Å². The van der Waals surface area contributed by atoms with Crippen LogP contribution in [0.3, 0.4) is 0 Å². The Morgan fingerprint density at radius 2 is 1.84 bits per heavy atom. The highest BCUT2D eigenvalue weighted by atomic mass is 19.1. The zero-order chi connectivity index (χ0) is 13.5. The lowest BCUT2D eigenvalue weighted by atomic mass is 9.89. The largest absolute Gasteiger partial charge is 0.323 e. The Kier molecular flexibility index (Phi) is 4.95. The van der Waals surface area contributed by atoms with Gasteiger partial charge in [0, 0.05) is 11.9 Å². The third-order valence-electron chi connectivity index (χ3n) is 3.33. The minimum atomic E-state index is -0.317. The molecule has 2 rings (SSSR count). The molecule has 0 unspecified atom stereocenters. The first-order valence-electron chi connectivity index (χ1n) is 6.74. The first-order valence-corrected chi connectivity index (χ1v) is 6.74. The van der Waals surface area contributed by atoms with E-state index >= 15 is 0 Å². The van der Waals surface area contributed by atoms with Crippen LogP contribution in [0.5, 0.6) is 0 Å². The van der Waals surface area contributed by atoms with Crippen LogP contribution in [0.15, 0.2) is 36.5 Å². The molecule has 3 nitrogen and oxygen atoms in total. The second-order valence-electron chi connectivity index (χ2n) is 4.86. The molecule has 0 bridgehead atoms. The second kappa shape index (κ2) is 6.92. The molecule has 0 saturated heterocycles. The van der Waals surface area contributed by atoms with Gasteiger partial charge in [-0.15, -0.1) is 0 Å². The number of hydrogen-bond donors (Lipinski definition) is 2. The van der Waals surface area contributed by atoms with Crippen molar-refractivity contribution in [2.45, 2.75) is 32.1 Å². The molecule has 0 atom stereocenters. The topological polar surface area (TPSA) is 41.1 Å². The SMILES string of the molecule is O=C(N/C=C/C1CCCCC1)Nc1ccc(F)cc1. The number of nitrogens with one attached hydrogen (secondary N) is 2. The Hall–Kier alpha value is -1.84. The van der Waals surface area contributed by atoms with Crippen molar-refractivity contribution in [1.29, 1.82) is 0 Å². The number of anilines is 1. The summed E-state index contributed by atoms with van der Waals surface area (Å²) in [5.74, 6) is 0.267. The molecule has 2 amide bonds. The van der Waals surface area contributed by atoms with Gasteiger partial charge in [-0.1, -0.05) is 25.3 Å². The van der Waals surface area contributed by atoms with Gasteiger partial charge in [-0.25, -0.2) is 9.18 Å². The molecule has 1 saturated carbocycles. The van der Waals surface area contributed by atoms with Crippen LogP contribution in [0.4, 0.5) is 14.9 Å². The molecule has 1 aliphatic carbocycles. The molecule has 1 aliphatic rings. The minimum absolute atomic E-state index is 0.307. The van der Waals surface area contributed by atoms with Gasteiger partial charge < -0.3 is 10.6 Å². The van der Waals surface area contributed by atoms with Gasteiger partial charge in [0.15, 0.2) is 0 Å². The van der Waals surface area contributed by atoms with Crippen LogP contribution in [-0.2, 0) is 0 Å². The number of allylic oxidation sites excluding steroid dienone is 1. The van der Waals surface area contributed by atoms with E-state index in [0.717, 1.165) is 0 Å². The number of hydrogen-bond acceptors (Lipinski definition) is 1. The van der Waals surface area contributed by atoms with Crippen LogP contribution in [0.1, 0.15) is 32.1 Å². The lowest BCUT2D eigenvalue weighted by Crippen LogP contribution is -2.24. The maximum atomic E-state index is 12.7. The predicted molar refractivity (Wildman–Crippen MR) is 74.3 cm³/mol. The van der Waals surface area contributed by atoms with Crippen molar-refractivity contribution >= 4 is 11.7 Å². The zero-order valence-corrected chi connectivity index (χ0v) is 10.9. The summed E-state index contributed by atoms with van der Waals surface area (Å²) in [4.78, 5) is 11.6. The molecule has 0 aromatic heterocycles. The summed E-state index contributed by atoms with van der Waals surface area (Å²) >= 11 is 0. The van der Waals surface area contributed by atoms with Gasteiger partial charge in [-0.05, 0) is 43.0 Å². The lowest BCUT2D eigenvalue weighted by molar-refractivity contribution is 0.255. The highest BCUT2D eigenvalue weighted by molar-refractivity contribution is 5.89. The standard InChI is InChI=1S/C15H19FN2O/c16-13-6-8-14(9-7-13)18-15(19)17-11-10-12-4-2-1-3-5-12/h6-12H,1-5H2,(H2,17,18,19)/b11-10+. The van der Waals surface area contributed by atoms with E-state index in [0.29, 0.717) is 11.6 Å². The molecule has 102 valence electrons. The van der Waals surface area contributed by atoms with Gasteiger partial charge in [-0.3, -0.25) is 0 Å². The van der Waals surface area contributed by atoms with Crippen molar-refractivity contribution < 1.29 is 9.18 Å². The fraction of sp³-hybridized carbons (Fsp3) is 0.400. The zero-order valence-electron chi connectivity index (χ0n) is 10.9. The molecule has 2 N–H and O–H groups in total. The maximum Gasteiger partial charge on any atom is 0.323 e. The van der Waals surface area contributed by atoms with Gasteiger partial charge in [0.05, 0.1) is 0 Å². The van der Waals surface area contributed by atoms with E-state index < -0.39 is 0 Å². The molecule has 1 aromatic carbocycles. The monoisotopic (exact) mass is 262 g/mol. The molecular weight excluding hydrogens is 243 g/mol. The minimum Gasteiger partial charge on any atom is -0.315 e. The van der Waals surface area contributed by atoms with Crippen LogP contribution in [0.25, 0.3) is 0 Å². The fourth-order valence-electron chi connectivity index (χ4n) is 2.29. The Morgan fingerprint density at radius 3 is 2.53 bits per heavy atom. The third-order valence-corrected chi connectivity index (χ3v) is 3.33. The maximum absolute atomic E-state index is 12.7. The van der Waals surface area contributed by atoms with Gasteiger partial charge in [-0.2, -0.15) is 0 Å². The number of halogens is 1. The van der Waals surface area contributed by atoms with Crippen molar-refractivity contribution in [2.75, 3.05) is 5.32 Å². The summed E-state index contributed by atoms with van der Waals surface area (Å²) in [7, 11) is 0. The molecule has 1 fully saturated rings. The fourth-order valence-corrected chi connectivity index (χ4v) is 2.29. The van der Waals surface area contributed by atoms with E-state index in [4.69, 9.17) is 0 Å². The number of carbonyl (C=O) groups is 1. The molecule has 0 aliphatic heterocycles. The number of benzene rings is 1. The van der Waals surface area contributed by atoms with E-state index in [1.807, 2.05) is 0 Å². The number of carbonyl (C=O) groups excluding carboxylic acids is 1. The predicted octanol–water partition coefficient (Wildman–Crippen LogP) is 4.04. The smallest absolute Gasteiger partial charge is 0.315 e. The summed E-state index contributed by atoms with van der Waals surface area (Å²) in [6, 6.07) is 5.37. The third kappa shape index (κ3) is 4.73. The average Bonchev–Trinajstić information content (AvgIpc) is 2.43. The summed E-state index contributed by atoms with van der Waals surface area (Å²) in [6.45, 7) is 0. The summed E-state index contributed by atoms with van der Waals surface area (Å²) in [5.41, 5.74) is 0.574. The first-order chi connectivity index (χ1) is 9.24. The van der Waals surface area contributed by atoms with Crippen LogP contribution in [-0.4, -0.2) is 6.03 Å². The van der Waals surface area contributed by atoms with Gasteiger partial charge in [0.1, 0.15) is 5.82 Å². The van der Waals surface area contributed by atoms with E-state index in [1.165, 1.54) is 56.4 Å². The summed E-state index contributed by atoms with van der Waals surface area (Å²) < 4.78 is 12.7. The Bertz CT molecular complexity index is 436. The Morgan fingerprint density at radius 1 is 1.16 bits per heavy atom. The Labute approximate surface area is 112 Å². The molecular formula is C15H19FN2O. The van der Waals surface area contributed by atoms with Gasteiger partial charge >= 0.3 is 6.03 Å². The van der Waals surface area contributed by atoms with E-state index in [1.54, 1.807) is 6.20 Å². The van der Waals surface area contributed by atoms with E-state index in [2.05, 4.69) is 16.7 Å². The van der Waals surface area contributed by atoms with E-state index in [-0.39, 0.29) is 11.8 Å². The van der Waals surface area contributed by atoms with Crippen molar-refractivity contribution in [3.8, 4) is 0 Å². The highest BCUT2D eigenvalue weighted by Crippen LogP contribution is 2.24. The number of amides is 2. The van der Waals surface area contributed by atoms with Crippen molar-refractivity contribution in [3.63, 3.8) is 0 Å². The van der Waals surface area contributed by atoms with E-state index in [9.17, 15) is 9.18 Å². The number of rotatable bonds is 3. The summed E-state index contributed by atoms with van der Waals surface area (Å²) in [6.07, 6.45) is 10.0. The van der Waals surface area contributed by atoms with Crippen molar-refractivity contribution in [2.24, 2.45) is 5.92 Å². The summed E-state index contributed by atoms with van der Waals surface area (Å²) in [5, 5.41) is 5.31. The van der Waals surface area contributed by atoms with Crippen LogP contribution >= 0.6 is 0 Å². The van der Waals surface area contributed by atoms with Crippen molar-refractivity contribution in [1.82, 2.24) is 5.32 Å². The quantitative estimate of drug-likeness (QED) is 0.848. The first kappa shape index (κ1) is 13.6. The van der Waals surface area contributed by atoms with Crippen LogP contribution < -0.4 is 10.6 Å². The highest BCUT2D eigenvalue weighted by Gasteiger charge is 2.09. The normalized spacial score (nSPS) is 16.5. The van der Waals surface area contributed by atoms with Gasteiger partial charge in [0.2, 0.25) is 0 Å². The Balaban J connectivity index is 1.74. The van der Waals surface area contributed by atoms with Crippen molar-refractivity contribution in [3.05, 3.63) is 42.4 Å². The molecule has 0 heterocycles. The average molecular weight is 262 g/mol. The molecule has 4 heteroatoms. The number of urea groups is 1. The lowest BCUT2D eigenvalue weighted by Gasteiger charge is -2.17.